The van der Waals surface area contributed by atoms with E-state index in [-0.39, 0.29) is 24.4 Å². The molecule has 0 atom stereocenters. The van der Waals surface area contributed by atoms with Crippen LogP contribution in [0.4, 0.5) is 11.5 Å². The van der Waals surface area contributed by atoms with Crippen molar-refractivity contribution in [2.75, 3.05) is 17.2 Å². The second-order valence-corrected chi connectivity index (χ2v) is 8.10. The minimum Gasteiger partial charge on any atom is -0.361 e. The lowest BCUT2D eigenvalue weighted by molar-refractivity contribution is -0.114. The molecule has 1 aliphatic rings. The number of pyridine rings is 1. The summed E-state index contributed by atoms with van der Waals surface area (Å²) in [6, 6.07) is 15.2. The summed E-state index contributed by atoms with van der Waals surface area (Å²) in [5, 5.41) is 9.74. The number of benzene rings is 2. The van der Waals surface area contributed by atoms with Gasteiger partial charge in [-0.05, 0) is 55.7 Å². The lowest BCUT2D eigenvalue weighted by Gasteiger charge is -2.12. The maximum atomic E-state index is 12.7. The summed E-state index contributed by atoms with van der Waals surface area (Å²) in [5.74, 6) is 0.200. The van der Waals surface area contributed by atoms with E-state index in [1.165, 1.54) is 0 Å². The molecule has 0 unspecified atom stereocenters. The van der Waals surface area contributed by atoms with Crippen molar-refractivity contribution >= 4 is 50.2 Å². The molecular weight excluding hydrogens is 432 g/mol. The summed E-state index contributed by atoms with van der Waals surface area (Å²) in [5.41, 5.74) is 3.00. The smallest absolute Gasteiger partial charge is 0.252 e. The number of nitrogens with one attached hydrogen (secondary N) is 3. The van der Waals surface area contributed by atoms with Crippen molar-refractivity contribution in [2.45, 2.75) is 25.8 Å². The Bertz CT molecular complexity index is 1100. The van der Waals surface area contributed by atoms with E-state index in [0.29, 0.717) is 16.9 Å². The average Bonchev–Trinajstić information content (AvgIpc) is 3.52. The molecule has 7 heteroatoms. The van der Waals surface area contributed by atoms with Crippen LogP contribution in [-0.2, 0) is 4.79 Å². The molecule has 0 saturated heterocycles. The Morgan fingerprint density at radius 1 is 1.14 bits per heavy atom. The number of hydrogen-bond acceptors (Lipinski definition) is 4. The molecule has 3 N–H and O–H groups in total. The first-order chi connectivity index (χ1) is 14.0. The number of anilines is 2. The van der Waals surface area contributed by atoms with E-state index in [1.54, 1.807) is 6.07 Å². The molecule has 1 heterocycles. The van der Waals surface area contributed by atoms with E-state index in [4.69, 9.17) is 0 Å². The van der Waals surface area contributed by atoms with Crippen molar-refractivity contribution in [3.63, 3.8) is 0 Å². The summed E-state index contributed by atoms with van der Waals surface area (Å²) in [6.45, 7) is 1.98. The van der Waals surface area contributed by atoms with Crippen LogP contribution in [0.5, 0.6) is 0 Å². The summed E-state index contributed by atoms with van der Waals surface area (Å²) >= 11 is 3.41. The van der Waals surface area contributed by atoms with E-state index in [0.717, 1.165) is 34.0 Å². The van der Waals surface area contributed by atoms with E-state index in [2.05, 4.69) is 36.9 Å². The first-order valence-electron chi connectivity index (χ1n) is 9.50. The molecule has 0 radical (unpaired) electrons. The second kappa shape index (κ2) is 8.21. The number of carbonyl (C=O) groups is 2. The zero-order valence-electron chi connectivity index (χ0n) is 16.0. The van der Waals surface area contributed by atoms with Crippen molar-refractivity contribution in [1.82, 2.24) is 10.3 Å². The van der Waals surface area contributed by atoms with Crippen LogP contribution >= 0.6 is 15.9 Å². The number of halogens is 1. The van der Waals surface area contributed by atoms with Gasteiger partial charge in [-0.3, -0.25) is 9.59 Å². The number of aryl methyl sites for hydroxylation is 1. The third kappa shape index (κ3) is 4.74. The van der Waals surface area contributed by atoms with Crippen molar-refractivity contribution in [3.05, 3.63) is 64.1 Å². The third-order valence-electron chi connectivity index (χ3n) is 4.77. The molecule has 2 aromatic carbocycles. The Balaban J connectivity index is 1.49. The van der Waals surface area contributed by atoms with Gasteiger partial charge < -0.3 is 16.0 Å². The quantitative estimate of drug-likeness (QED) is 0.521. The lowest BCUT2D eigenvalue weighted by atomic mass is 10.1. The Morgan fingerprint density at radius 2 is 1.93 bits per heavy atom. The fourth-order valence-corrected chi connectivity index (χ4v) is 3.55. The van der Waals surface area contributed by atoms with Crippen LogP contribution in [0.1, 0.15) is 28.8 Å². The van der Waals surface area contributed by atoms with Gasteiger partial charge in [0.15, 0.2) is 0 Å². The van der Waals surface area contributed by atoms with Crippen molar-refractivity contribution in [1.29, 1.82) is 0 Å². The van der Waals surface area contributed by atoms with Crippen LogP contribution in [0, 0.1) is 6.92 Å². The summed E-state index contributed by atoms with van der Waals surface area (Å²) < 4.78 is 0.962. The summed E-state index contributed by atoms with van der Waals surface area (Å²) in [4.78, 5) is 29.6. The predicted molar refractivity (Wildman–Crippen MR) is 118 cm³/mol. The lowest BCUT2D eigenvalue weighted by Crippen LogP contribution is -2.26. The maximum absolute atomic E-state index is 12.7. The molecule has 1 fully saturated rings. The number of carbonyl (C=O) groups excluding carboxylic acids is 2. The van der Waals surface area contributed by atoms with Crippen molar-refractivity contribution in [3.8, 4) is 0 Å². The van der Waals surface area contributed by atoms with Gasteiger partial charge in [0.2, 0.25) is 5.91 Å². The minimum atomic E-state index is -0.186. The fourth-order valence-electron chi connectivity index (χ4n) is 3.08. The van der Waals surface area contributed by atoms with Gasteiger partial charge in [0.1, 0.15) is 5.82 Å². The average molecular weight is 453 g/mol. The van der Waals surface area contributed by atoms with E-state index in [1.807, 2.05) is 49.4 Å². The zero-order chi connectivity index (χ0) is 20.4. The van der Waals surface area contributed by atoms with Gasteiger partial charge >= 0.3 is 0 Å². The van der Waals surface area contributed by atoms with E-state index in [9.17, 15) is 9.59 Å². The number of hydrogen-bond donors (Lipinski definition) is 3. The third-order valence-corrected chi connectivity index (χ3v) is 5.26. The number of rotatable bonds is 6. The molecule has 1 saturated carbocycles. The molecule has 3 aromatic rings. The van der Waals surface area contributed by atoms with Crippen LogP contribution in [0.2, 0.25) is 0 Å². The highest BCUT2D eigenvalue weighted by Crippen LogP contribution is 2.24. The standard InChI is InChI=1S/C22H21BrN4O2/c1-13-10-14(23)6-9-18(13)27-21(28)12-24-20-11-17(22(29)25-15-7-8-15)16-4-2-3-5-19(16)26-20/h2-6,9-11,15H,7-8,12H2,1H3,(H,24,26)(H,25,29)(H,27,28). The first kappa shape index (κ1) is 19.4. The SMILES string of the molecule is Cc1cc(Br)ccc1NC(=O)CNc1cc(C(=O)NC2CC2)c2ccccc2n1. The molecule has 1 aliphatic carbocycles. The molecule has 4 rings (SSSR count). The highest BCUT2D eigenvalue weighted by Gasteiger charge is 2.25. The normalized spacial score (nSPS) is 13.2. The van der Waals surface area contributed by atoms with Gasteiger partial charge in [-0.25, -0.2) is 4.98 Å². The summed E-state index contributed by atoms with van der Waals surface area (Å²) in [7, 11) is 0. The van der Waals surface area contributed by atoms with Crippen LogP contribution in [-0.4, -0.2) is 29.4 Å². The minimum absolute atomic E-state index is 0.0462. The van der Waals surface area contributed by atoms with Crippen LogP contribution < -0.4 is 16.0 Å². The molecule has 2 amide bonds. The molecule has 0 aliphatic heterocycles. The molecule has 6 nitrogen and oxygen atoms in total. The highest BCUT2D eigenvalue weighted by atomic mass is 79.9. The van der Waals surface area contributed by atoms with Gasteiger partial charge in [-0.2, -0.15) is 0 Å². The zero-order valence-corrected chi connectivity index (χ0v) is 17.5. The number of fused-ring (bicyclic) bond motifs is 1. The van der Waals surface area contributed by atoms with Crippen LogP contribution in [0.15, 0.2) is 53.0 Å². The largest absolute Gasteiger partial charge is 0.361 e. The monoisotopic (exact) mass is 452 g/mol. The number of aromatic nitrogens is 1. The van der Waals surface area contributed by atoms with Gasteiger partial charge in [-0.15, -0.1) is 0 Å². The molecule has 0 spiro atoms. The fraction of sp³-hybridized carbons (Fsp3) is 0.227. The van der Waals surface area contributed by atoms with Crippen molar-refractivity contribution < 1.29 is 9.59 Å². The number of nitrogens with zero attached hydrogens (tertiary/aromatic N) is 1. The van der Waals surface area contributed by atoms with Gasteiger partial charge in [0, 0.05) is 21.6 Å². The molecule has 148 valence electrons. The van der Waals surface area contributed by atoms with Crippen molar-refractivity contribution in [2.24, 2.45) is 0 Å². The maximum Gasteiger partial charge on any atom is 0.252 e. The molecular formula is C22H21BrN4O2. The molecule has 1 aromatic heterocycles. The number of amides is 2. The van der Waals surface area contributed by atoms with E-state index >= 15 is 0 Å². The topological polar surface area (TPSA) is 83.1 Å². The predicted octanol–water partition coefficient (Wildman–Crippen LogP) is 4.25. The van der Waals surface area contributed by atoms with Crippen LogP contribution in [0.25, 0.3) is 10.9 Å². The Morgan fingerprint density at radius 3 is 2.69 bits per heavy atom. The highest BCUT2D eigenvalue weighted by molar-refractivity contribution is 9.10. The number of para-hydroxylation sites is 1. The van der Waals surface area contributed by atoms with Gasteiger partial charge in [0.05, 0.1) is 17.6 Å². The van der Waals surface area contributed by atoms with E-state index < -0.39 is 0 Å². The van der Waals surface area contributed by atoms with Crippen LogP contribution in [0.3, 0.4) is 0 Å². The Kier molecular flexibility index (Phi) is 5.49. The Hall–Kier alpha value is -2.93. The first-order valence-corrected chi connectivity index (χ1v) is 10.3. The second-order valence-electron chi connectivity index (χ2n) is 7.18. The molecule has 0 bridgehead atoms. The summed E-state index contributed by atoms with van der Waals surface area (Å²) in [6.07, 6.45) is 2.05. The van der Waals surface area contributed by atoms with Gasteiger partial charge in [-0.1, -0.05) is 34.1 Å². The van der Waals surface area contributed by atoms with Gasteiger partial charge in [0.25, 0.3) is 5.91 Å². The Labute approximate surface area is 177 Å². The molecule has 29 heavy (non-hydrogen) atoms.